The number of nitrogens with zero attached hydrogens (tertiary/aromatic N) is 2. The molecule has 2 nitrogen and oxygen atoms in total. The fraction of sp³-hybridized carbons (Fsp3) is 0. The van der Waals surface area contributed by atoms with Gasteiger partial charge in [0.2, 0.25) is 7.28 Å². The zero-order valence-corrected chi connectivity index (χ0v) is 19.0. The Morgan fingerprint density at radius 2 is 1.47 bits per heavy atom. The van der Waals surface area contributed by atoms with Crippen LogP contribution in [0.1, 0.15) is 11.1 Å². The van der Waals surface area contributed by atoms with E-state index in [0.717, 1.165) is 27.9 Å². The normalized spacial score (nSPS) is 11.4. The second-order valence-electron chi connectivity index (χ2n) is 7.82. The first-order valence-electron chi connectivity index (χ1n) is 10.9. The second-order valence-corrected chi connectivity index (χ2v) is 8.23. The fourth-order valence-corrected chi connectivity index (χ4v) is 4.15. The molecule has 1 heterocycles. The molecule has 5 rings (SSSR count). The number of halogens is 2. The standard InChI is InChI=1S/C29H20BClFN2/c31-26-19-24(32)16-17-27(26)34-28(23-14-8-3-9-15-23)20-33-29(34)30-25(22-12-6-2-7-13-22)18-21-10-4-1-5-11-21/h1-20H. The van der Waals surface area contributed by atoms with Gasteiger partial charge in [-0.05, 0) is 29.3 Å². The SMILES string of the molecule is Fc1ccc(-n2c(-c3ccccc3)cnc2[B]C(=Cc2ccccc2)c2ccccc2)c(Cl)c1. The smallest absolute Gasteiger partial charge is 0.241 e. The minimum Gasteiger partial charge on any atom is -0.303 e. The summed E-state index contributed by atoms with van der Waals surface area (Å²) in [6.07, 6.45) is 3.95. The molecule has 0 saturated heterocycles. The van der Waals surface area contributed by atoms with E-state index in [1.54, 1.807) is 6.07 Å². The van der Waals surface area contributed by atoms with Crippen molar-refractivity contribution in [2.45, 2.75) is 0 Å². The van der Waals surface area contributed by atoms with Gasteiger partial charge in [0.1, 0.15) is 5.82 Å². The Hall–Kier alpha value is -3.89. The van der Waals surface area contributed by atoms with Crippen LogP contribution in [0, 0.1) is 5.82 Å². The van der Waals surface area contributed by atoms with E-state index < -0.39 is 0 Å². The Labute approximate surface area is 204 Å². The van der Waals surface area contributed by atoms with E-state index in [1.165, 1.54) is 12.1 Å². The van der Waals surface area contributed by atoms with Crippen molar-refractivity contribution < 1.29 is 4.39 Å². The monoisotopic (exact) mass is 461 g/mol. The predicted molar refractivity (Wildman–Crippen MR) is 140 cm³/mol. The summed E-state index contributed by atoms with van der Waals surface area (Å²) in [6.45, 7) is 0. The Morgan fingerprint density at radius 3 is 2.15 bits per heavy atom. The lowest BCUT2D eigenvalue weighted by Gasteiger charge is -2.15. The summed E-state index contributed by atoms with van der Waals surface area (Å²) < 4.78 is 15.8. The van der Waals surface area contributed by atoms with E-state index >= 15 is 0 Å². The first-order valence-corrected chi connectivity index (χ1v) is 11.3. The van der Waals surface area contributed by atoms with Gasteiger partial charge in [0.25, 0.3) is 0 Å². The average Bonchev–Trinajstić information content (AvgIpc) is 3.28. The molecule has 1 aromatic heterocycles. The minimum atomic E-state index is -0.380. The van der Waals surface area contributed by atoms with Crippen LogP contribution < -0.4 is 5.72 Å². The summed E-state index contributed by atoms with van der Waals surface area (Å²) in [7, 11) is 2.04. The molecule has 5 aromatic rings. The molecule has 0 fully saturated rings. The van der Waals surface area contributed by atoms with Crippen molar-refractivity contribution in [1.82, 2.24) is 9.55 Å². The van der Waals surface area contributed by atoms with Crippen LogP contribution in [0.3, 0.4) is 0 Å². The Bertz CT molecular complexity index is 1430. The highest BCUT2D eigenvalue weighted by Crippen LogP contribution is 2.28. The molecule has 0 aliphatic rings. The van der Waals surface area contributed by atoms with Crippen molar-refractivity contribution in [2.75, 3.05) is 0 Å². The van der Waals surface area contributed by atoms with E-state index in [4.69, 9.17) is 16.6 Å². The molecule has 0 saturated carbocycles. The van der Waals surface area contributed by atoms with Crippen molar-refractivity contribution in [2.24, 2.45) is 0 Å². The molecule has 163 valence electrons. The lowest BCUT2D eigenvalue weighted by atomic mass is 9.65. The molecular formula is C29H20BClFN2. The van der Waals surface area contributed by atoms with Gasteiger partial charge in [0.05, 0.1) is 28.3 Å². The van der Waals surface area contributed by atoms with Gasteiger partial charge in [0, 0.05) is 5.56 Å². The zero-order valence-electron chi connectivity index (χ0n) is 18.3. The highest BCUT2D eigenvalue weighted by molar-refractivity contribution is 6.73. The molecule has 0 N–H and O–H groups in total. The lowest BCUT2D eigenvalue weighted by Crippen LogP contribution is -2.27. The van der Waals surface area contributed by atoms with Crippen LogP contribution in [0.4, 0.5) is 4.39 Å². The lowest BCUT2D eigenvalue weighted by molar-refractivity contribution is 0.627. The van der Waals surface area contributed by atoms with Gasteiger partial charge in [-0.1, -0.05) is 114 Å². The quantitative estimate of drug-likeness (QED) is 0.199. The van der Waals surface area contributed by atoms with E-state index in [0.29, 0.717) is 16.4 Å². The van der Waals surface area contributed by atoms with Crippen LogP contribution in [-0.4, -0.2) is 16.8 Å². The molecule has 0 bridgehead atoms. The molecule has 0 amide bonds. The van der Waals surface area contributed by atoms with Crippen LogP contribution in [-0.2, 0) is 0 Å². The maximum atomic E-state index is 13.9. The molecular weight excluding hydrogens is 442 g/mol. The van der Waals surface area contributed by atoms with Crippen molar-refractivity contribution in [1.29, 1.82) is 0 Å². The molecule has 34 heavy (non-hydrogen) atoms. The largest absolute Gasteiger partial charge is 0.303 e. The predicted octanol–water partition coefficient (Wildman–Crippen LogP) is 6.86. The minimum absolute atomic E-state index is 0.318. The molecule has 1 radical (unpaired) electrons. The number of imidazole rings is 1. The molecule has 5 heteroatoms. The first-order chi connectivity index (χ1) is 16.7. The van der Waals surface area contributed by atoms with E-state index in [1.807, 2.05) is 84.8 Å². The van der Waals surface area contributed by atoms with Crippen molar-refractivity contribution in [3.05, 3.63) is 137 Å². The number of aromatic nitrogens is 2. The number of rotatable bonds is 6. The third kappa shape index (κ3) is 4.73. The summed E-state index contributed by atoms with van der Waals surface area (Å²) in [5.41, 5.74) is 6.36. The van der Waals surface area contributed by atoms with Crippen molar-refractivity contribution in [3.8, 4) is 16.9 Å². The zero-order chi connectivity index (χ0) is 23.3. The highest BCUT2D eigenvalue weighted by Gasteiger charge is 2.19. The van der Waals surface area contributed by atoms with Gasteiger partial charge in [-0.3, -0.25) is 4.98 Å². The van der Waals surface area contributed by atoms with Gasteiger partial charge in [-0.2, -0.15) is 0 Å². The van der Waals surface area contributed by atoms with E-state index in [2.05, 4.69) is 30.3 Å². The van der Waals surface area contributed by atoms with Gasteiger partial charge in [-0.25, -0.2) is 4.39 Å². The Morgan fingerprint density at radius 1 is 0.824 bits per heavy atom. The average molecular weight is 462 g/mol. The molecule has 0 unspecified atom stereocenters. The van der Waals surface area contributed by atoms with Crippen LogP contribution >= 0.6 is 11.6 Å². The van der Waals surface area contributed by atoms with Gasteiger partial charge in [0.15, 0.2) is 0 Å². The van der Waals surface area contributed by atoms with Crippen LogP contribution in [0.2, 0.25) is 5.02 Å². The Balaban J connectivity index is 1.67. The topological polar surface area (TPSA) is 17.8 Å². The highest BCUT2D eigenvalue weighted by atomic mass is 35.5. The molecule has 0 spiro atoms. The van der Waals surface area contributed by atoms with Crippen LogP contribution in [0.5, 0.6) is 0 Å². The number of hydrogen-bond acceptors (Lipinski definition) is 1. The maximum absolute atomic E-state index is 13.9. The molecule has 0 aliphatic carbocycles. The number of benzene rings is 4. The van der Waals surface area contributed by atoms with E-state index in [9.17, 15) is 4.39 Å². The van der Waals surface area contributed by atoms with E-state index in [-0.39, 0.29) is 5.82 Å². The summed E-state index contributed by atoms with van der Waals surface area (Å²) in [6, 6.07) is 34.7. The van der Waals surface area contributed by atoms with Crippen molar-refractivity contribution in [3.63, 3.8) is 0 Å². The Kier molecular flexibility index (Phi) is 6.41. The summed E-state index contributed by atoms with van der Waals surface area (Å²) in [5.74, 6) is -0.380. The summed E-state index contributed by atoms with van der Waals surface area (Å²) in [4.78, 5) is 4.75. The third-order valence-corrected chi connectivity index (χ3v) is 5.83. The van der Waals surface area contributed by atoms with Gasteiger partial charge < -0.3 is 4.57 Å². The molecule has 0 atom stereocenters. The third-order valence-electron chi connectivity index (χ3n) is 5.52. The number of hydrogen-bond donors (Lipinski definition) is 0. The molecule has 0 aliphatic heterocycles. The van der Waals surface area contributed by atoms with Gasteiger partial charge >= 0.3 is 0 Å². The summed E-state index contributed by atoms with van der Waals surface area (Å²) >= 11 is 6.52. The van der Waals surface area contributed by atoms with Crippen LogP contribution in [0.25, 0.3) is 28.5 Å². The molecule has 4 aromatic carbocycles. The van der Waals surface area contributed by atoms with Crippen LogP contribution in [0.15, 0.2) is 115 Å². The first kappa shape index (κ1) is 21.9. The second kappa shape index (κ2) is 9.94. The fourth-order valence-electron chi connectivity index (χ4n) is 3.90. The van der Waals surface area contributed by atoms with Gasteiger partial charge in [-0.15, -0.1) is 0 Å². The van der Waals surface area contributed by atoms with Crippen molar-refractivity contribution >= 4 is 36.2 Å². The summed E-state index contributed by atoms with van der Waals surface area (Å²) in [5, 5.41) is 0.318. The maximum Gasteiger partial charge on any atom is 0.241 e.